The van der Waals surface area contributed by atoms with Gasteiger partial charge in [0.05, 0.1) is 21.8 Å². The number of fused-ring (bicyclic) bond motifs is 2. The molecule has 0 N–H and O–H groups in total. The first kappa shape index (κ1) is 16.2. The van der Waals surface area contributed by atoms with E-state index in [1.807, 2.05) is 12.1 Å². The molecule has 130 valence electrons. The summed E-state index contributed by atoms with van der Waals surface area (Å²) < 4.78 is 3.15. The second-order valence-electron chi connectivity index (χ2n) is 6.20. The van der Waals surface area contributed by atoms with Crippen LogP contribution >= 0.6 is 0 Å². The fourth-order valence-electron chi connectivity index (χ4n) is 3.05. The molecule has 0 fully saturated rings. The van der Waals surface area contributed by atoms with Gasteiger partial charge in [0.1, 0.15) is 5.82 Å². The maximum absolute atomic E-state index is 12.9. The molecule has 0 radical (unpaired) electrons. The summed E-state index contributed by atoms with van der Waals surface area (Å²) in [5.74, 6) is 0.535. The molecule has 4 aromatic heterocycles. The summed E-state index contributed by atoms with van der Waals surface area (Å²) in [6.45, 7) is 2.75. The third kappa shape index (κ3) is 2.69. The Morgan fingerprint density at radius 1 is 0.962 bits per heavy atom. The molecule has 0 atom stereocenters. The Balaban J connectivity index is 1.96. The summed E-state index contributed by atoms with van der Waals surface area (Å²) in [5, 5.41) is 0.878. The lowest BCUT2D eigenvalue weighted by molar-refractivity contribution is 0.617. The van der Waals surface area contributed by atoms with Crippen molar-refractivity contribution < 1.29 is 0 Å². The van der Waals surface area contributed by atoms with Gasteiger partial charge in [-0.15, -0.1) is 0 Å². The van der Waals surface area contributed by atoms with E-state index in [1.54, 1.807) is 47.4 Å². The van der Waals surface area contributed by atoms with E-state index < -0.39 is 0 Å². The quantitative estimate of drug-likeness (QED) is 0.533. The van der Waals surface area contributed by atoms with Gasteiger partial charge in [-0.25, -0.2) is 9.97 Å². The third-order valence-corrected chi connectivity index (χ3v) is 4.46. The Morgan fingerprint density at radius 2 is 1.73 bits per heavy atom. The SMILES string of the molecule is CCCCn1ccc2nc3ccn(-c4ccccn4)c(=O)c3cc2c1=O. The first-order chi connectivity index (χ1) is 12.7. The van der Waals surface area contributed by atoms with E-state index in [0.29, 0.717) is 34.2 Å². The van der Waals surface area contributed by atoms with Crippen LogP contribution in [-0.4, -0.2) is 19.1 Å². The monoisotopic (exact) mass is 346 g/mol. The van der Waals surface area contributed by atoms with E-state index in [-0.39, 0.29) is 11.1 Å². The van der Waals surface area contributed by atoms with E-state index in [0.717, 1.165) is 12.8 Å². The van der Waals surface area contributed by atoms with E-state index in [4.69, 9.17) is 0 Å². The summed E-state index contributed by atoms with van der Waals surface area (Å²) in [4.78, 5) is 34.4. The van der Waals surface area contributed by atoms with Gasteiger partial charge in [-0.1, -0.05) is 19.4 Å². The molecule has 4 heterocycles. The van der Waals surface area contributed by atoms with Gasteiger partial charge >= 0.3 is 0 Å². The predicted octanol–water partition coefficient (Wildman–Crippen LogP) is 2.90. The maximum Gasteiger partial charge on any atom is 0.265 e. The van der Waals surface area contributed by atoms with Gasteiger partial charge in [0, 0.05) is 25.1 Å². The van der Waals surface area contributed by atoms with Crippen molar-refractivity contribution in [1.82, 2.24) is 19.1 Å². The molecule has 4 aromatic rings. The summed E-state index contributed by atoms with van der Waals surface area (Å²) in [6.07, 6.45) is 7.01. The molecule has 0 amide bonds. The number of aryl methyl sites for hydroxylation is 1. The van der Waals surface area contributed by atoms with Crippen molar-refractivity contribution in [2.24, 2.45) is 0 Å². The minimum absolute atomic E-state index is 0.113. The van der Waals surface area contributed by atoms with Crippen LogP contribution in [0.3, 0.4) is 0 Å². The van der Waals surface area contributed by atoms with Crippen molar-refractivity contribution in [2.75, 3.05) is 0 Å². The molecular weight excluding hydrogens is 328 g/mol. The Labute approximate surface area is 149 Å². The molecule has 0 aliphatic rings. The number of rotatable bonds is 4. The lowest BCUT2D eigenvalue weighted by Crippen LogP contribution is -2.22. The van der Waals surface area contributed by atoms with Crippen LogP contribution in [0, 0.1) is 0 Å². The molecule has 26 heavy (non-hydrogen) atoms. The molecule has 0 saturated heterocycles. The number of aromatic nitrogens is 4. The summed E-state index contributed by atoms with van der Waals surface area (Å²) in [5.41, 5.74) is 0.822. The molecule has 6 heteroatoms. The van der Waals surface area contributed by atoms with Gasteiger partial charge < -0.3 is 4.57 Å². The number of hydrogen-bond donors (Lipinski definition) is 0. The molecule has 0 bridgehead atoms. The lowest BCUT2D eigenvalue weighted by atomic mass is 10.2. The van der Waals surface area contributed by atoms with Gasteiger partial charge in [0.15, 0.2) is 0 Å². The van der Waals surface area contributed by atoms with Crippen LogP contribution in [0.2, 0.25) is 0 Å². The van der Waals surface area contributed by atoms with Crippen LogP contribution < -0.4 is 11.1 Å². The highest BCUT2D eigenvalue weighted by atomic mass is 16.1. The third-order valence-electron chi connectivity index (χ3n) is 4.46. The molecule has 6 nitrogen and oxygen atoms in total. The Kier molecular flexibility index (Phi) is 4.08. The zero-order valence-corrected chi connectivity index (χ0v) is 14.4. The van der Waals surface area contributed by atoms with Crippen molar-refractivity contribution in [1.29, 1.82) is 0 Å². The second-order valence-corrected chi connectivity index (χ2v) is 6.20. The largest absolute Gasteiger partial charge is 0.315 e. The highest BCUT2D eigenvalue weighted by Crippen LogP contribution is 2.15. The van der Waals surface area contributed by atoms with Gasteiger partial charge in [0.2, 0.25) is 0 Å². The number of unbranched alkanes of at least 4 members (excludes halogenated alkanes) is 1. The molecule has 0 unspecified atom stereocenters. The topological polar surface area (TPSA) is 69.8 Å². The van der Waals surface area contributed by atoms with E-state index in [2.05, 4.69) is 16.9 Å². The van der Waals surface area contributed by atoms with E-state index in [1.165, 1.54) is 4.57 Å². The molecule has 0 spiro atoms. The van der Waals surface area contributed by atoms with Gasteiger partial charge in [-0.3, -0.25) is 14.2 Å². The average Bonchev–Trinajstić information content (AvgIpc) is 2.68. The Bertz CT molecular complexity index is 1210. The van der Waals surface area contributed by atoms with Gasteiger partial charge in [-0.2, -0.15) is 0 Å². The van der Waals surface area contributed by atoms with Crippen LogP contribution in [-0.2, 0) is 6.54 Å². The standard InChI is InChI=1S/C20H18N4O2/c1-2-3-10-23-11-7-16-14(19(23)25)13-15-17(22-16)8-12-24(20(15)26)18-6-4-5-9-21-18/h4-9,11-13H,2-3,10H2,1H3. The average molecular weight is 346 g/mol. The van der Waals surface area contributed by atoms with Crippen LogP contribution in [0.4, 0.5) is 0 Å². The van der Waals surface area contributed by atoms with Crippen molar-refractivity contribution in [3.8, 4) is 5.82 Å². The van der Waals surface area contributed by atoms with Crippen LogP contribution in [0.25, 0.3) is 27.6 Å². The Morgan fingerprint density at radius 3 is 2.46 bits per heavy atom. The first-order valence-electron chi connectivity index (χ1n) is 8.66. The second kappa shape index (κ2) is 6.55. The predicted molar refractivity (Wildman–Crippen MR) is 102 cm³/mol. The fourth-order valence-corrected chi connectivity index (χ4v) is 3.05. The van der Waals surface area contributed by atoms with Crippen LogP contribution in [0.5, 0.6) is 0 Å². The molecule has 0 saturated carbocycles. The van der Waals surface area contributed by atoms with E-state index in [9.17, 15) is 9.59 Å². The van der Waals surface area contributed by atoms with Gasteiger partial charge in [-0.05, 0) is 36.8 Å². The van der Waals surface area contributed by atoms with Gasteiger partial charge in [0.25, 0.3) is 11.1 Å². The van der Waals surface area contributed by atoms with E-state index >= 15 is 0 Å². The lowest BCUT2D eigenvalue weighted by Gasteiger charge is -2.09. The van der Waals surface area contributed by atoms with Crippen molar-refractivity contribution in [3.63, 3.8) is 0 Å². The molecule has 0 aliphatic heterocycles. The normalized spacial score (nSPS) is 11.3. The molecular formula is C20H18N4O2. The van der Waals surface area contributed by atoms with Crippen molar-refractivity contribution in [2.45, 2.75) is 26.3 Å². The summed E-state index contributed by atoms with van der Waals surface area (Å²) in [7, 11) is 0. The molecule has 4 rings (SSSR count). The van der Waals surface area contributed by atoms with Crippen molar-refractivity contribution in [3.05, 3.63) is 75.7 Å². The number of pyridine rings is 4. The number of hydrogen-bond acceptors (Lipinski definition) is 4. The molecule has 0 aromatic carbocycles. The first-order valence-corrected chi connectivity index (χ1v) is 8.66. The van der Waals surface area contributed by atoms with Crippen LogP contribution in [0.15, 0.2) is 64.6 Å². The van der Waals surface area contributed by atoms with Crippen molar-refractivity contribution >= 4 is 21.8 Å². The molecule has 0 aliphatic carbocycles. The summed E-state index contributed by atoms with van der Waals surface area (Å²) in [6, 6.07) is 10.6. The highest BCUT2D eigenvalue weighted by Gasteiger charge is 2.10. The smallest absolute Gasteiger partial charge is 0.265 e. The zero-order valence-electron chi connectivity index (χ0n) is 14.4. The maximum atomic E-state index is 12.9. The summed E-state index contributed by atoms with van der Waals surface area (Å²) >= 11 is 0. The fraction of sp³-hybridized carbons (Fsp3) is 0.200. The number of nitrogens with zero attached hydrogens (tertiary/aromatic N) is 4. The highest BCUT2D eigenvalue weighted by molar-refractivity contribution is 5.91. The minimum Gasteiger partial charge on any atom is -0.315 e. The Hall–Kier alpha value is -3.28. The zero-order chi connectivity index (χ0) is 18.1. The van der Waals surface area contributed by atoms with Crippen LogP contribution in [0.1, 0.15) is 19.8 Å². The minimum atomic E-state index is -0.237.